The largest absolute Gasteiger partial charge is 0.475 e. The highest BCUT2D eigenvalue weighted by Crippen LogP contribution is 2.47. The average Bonchev–Trinajstić information content (AvgIpc) is 3.57. The molecule has 1 saturated heterocycles. The summed E-state index contributed by atoms with van der Waals surface area (Å²) in [6, 6.07) is 3.38. The normalized spacial score (nSPS) is 19.2. The molecule has 11 heteroatoms. The summed E-state index contributed by atoms with van der Waals surface area (Å²) in [5.41, 5.74) is -0.0306. The monoisotopic (exact) mass is 444 g/mol. The first-order valence-corrected chi connectivity index (χ1v) is 10.4. The van der Waals surface area contributed by atoms with Crippen LogP contribution in [-0.2, 0) is 11.3 Å². The molecule has 2 amide bonds. The van der Waals surface area contributed by atoms with Crippen molar-refractivity contribution in [2.24, 2.45) is 0 Å². The third kappa shape index (κ3) is 3.52. The van der Waals surface area contributed by atoms with Gasteiger partial charge < -0.3 is 20.3 Å². The van der Waals surface area contributed by atoms with Gasteiger partial charge in [-0.25, -0.2) is 9.37 Å². The van der Waals surface area contributed by atoms with Crippen molar-refractivity contribution < 1.29 is 23.1 Å². The van der Waals surface area contributed by atoms with Crippen molar-refractivity contribution in [3.8, 4) is 5.75 Å². The maximum atomic E-state index is 15.1. The zero-order valence-corrected chi connectivity index (χ0v) is 17.5. The summed E-state index contributed by atoms with van der Waals surface area (Å²) < 4.78 is 35.2. The summed E-state index contributed by atoms with van der Waals surface area (Å²) in [6.45, 7) is 2.48. The molecule has 1 aromatic heterocycles. The molecule has 3 heterocycles. The zero-order valence-electron chi connectivity index (χ0n) is 17.5. The molecule has 0 bridgehead atoms. The number of amides is 2. The molecule has 1 spiro atoms. The average molecular weight is 444 g/mol. The van der Waals surface area contributed by atoms with Crippen molar-refractivity contribution in [3.63, 3.8) is 0 Å². The number of hydrogen-bond donors (Lipinski definition) is 2. The van der Waals surface area contributed by atoms with Gasteiger partial charge in [-0.2, -0.15) is 9.37 Å². The van der Waals surface area contributed by atoms with Gasteiger partial charge in [0, 0.05) is 58.2 Å². The molecular weight excluding hydrogens is 422 g/mol. The van der Waals surface area contributed by atoms with Gasteiger partial charge in [-0.3, -0.25) is 14.5 Å². The quantitative estimate of drug-likeness (QED) is 0.686. The number of benzene rings is 1. The number of hydrogen-bond acceptors (Lipinski definition) is 7. The molecule has 2 N–H and O–H groups in total. The first kappa shape index (κ1) is 20.6. The number of carbonyl (C=O) groups excluding carboxylic acids is 2. The van der Waals surface area contributed by atoms with Crippen molar-refractivity contribution in [2.45, 2.75) is 25.0 Å². The van der Waals surface area contributed by atoms with Crippen LogP contribution in [0.25, 0.3) is 0 Å². The number of carbonyl (C=O) groups is 2. The highest BCUT2D eigenvalue weighted by Gasteiger charge is 2.55. The van der Waals surface area contributed by atoms with E-state index in [9.17, 15) is 14.0 Å². The molecule has 2 aromatic rings. The van der Waals surface area contributed by atoms with Gasteiger partial charge in [0.25, 0.3) is 11.8 Å². The number of ether oxygens (including phenoxy) is 1. The van der Waals surface area contributed by atoms with E-state index >= 15 is 4.39 Å². The van der Waals surface area contributed by atoms with Crippen molar-refractivity contribution >= 4 is 23.2 Å². The highest BCUT2D eigenvalue weighted by molar-refractivity contribution is 6.02. The maximum absolute atomic E-state index is 15.1. The smallest absolute Gasteiger partial charge is 0.288 e. The molecule has 0 atom stereocenters. The van der Waals surface area contributed by atoms with Crippen LogP contribution in [0.5, 0.6) is 5.75 Å². The summed E-state index contributed by atoms with van der Waals surface area (Å²) >= 11 is 0. The van der Waals surface area contributed by atoms with Gasteiger partial charge in [0.2, 0.25) is 11.8 Å². The van der Waals surface area contributed by atoms with E-state index in [0.29, 0.717) is 56.9 Å². The lowest BCUT2D eigenvalue weighted by Gasteiger charge is -2.36. The van der Waals surface area contributed by atoms with Gasteiger partial charge in [-0.15, -0.1) is 0 Å². The fourth-order valence-corrected chi connectivity index (χ4v) is 4.03. The minimum Gasteiger partial charge on any atom is -0.475 e. The lowest BCUT2D eigenvalue weighted by molar-refractivity contribution is -0.125. The molecule has 2 fully saturated rings. The van der Waals surface area contributed by atoms with Gasteiger partial charge in [-0.1, -0.05) is 6.07 Å². The Morgan fingerprint density at radius 1 is 1.25 bits per heavy atom. The van der Waals surface area contributed by atoms with E-state index in [1.165, 1.54) is 13.2 Å². The van der Waals surface area contributed by atoms with E-state index in [1.54, 1.807) is 17.0 Å². The van der Waals surface area contributed by atoms with E-state index in [4.69, 9.17) is 4.74 Å². The van der Waals surface area contributed by atoms with Crippen LogP contribution >= 0.6 is 0 Å². The van der Waals surface area contributed by atoms with E-state index in [1.807, 2.05) is 4.90 Å². The van der Waals surface area contributed by atoms with Crippen molar-refractivity contribution in [1.29, 1.82) is 0 Å². The molecule has 168 valence electrons. The van der Waals surface area contributed by atoms with Crippen molar-refractivity contribution in [2.75, 3.05) is 43.4 Å². The minimum absolute atomic E-state index is 0.0964. The minimum atomic E-state index is -0.811. The van der Waals surface area contributed by atoms with Crippen molar-refractivity contribution in [3.05, 3.63) is 41.5 Å². The lowest BCUT2D eigenvalue weighted by Crippen LogP contribution is -2.46. The molecule has 32 heavy (non-hydrogen) atoms. The predicted molar refractivity (Wildman–Crippen MR) is 110 cm³/mol. The Labute approximate surface area is 182 Å². The maximum Gasteiger partial charge on any atom is 0.288 e. The summed E-state index contributed by atoms with van der Waals surface area (Å²) in [5.74, 6) is -1.94. The molecule has 1 aromatic carbocycles. The van der Waals surface area contributed by atoms with E-state index < -0.39 is 23.3 Å². The van der Waals surface area contributed by atoms with Gasteiger partial charge in [0.05, 0.1) is 6.20 Å². The number of nitrogens with zero attached hydrogens (tertiary/aromatic N) is 4. The fraction of sp³-hybridized carbons (Fsp3) is 0.429. The zero-order chi connectivity index (χ0) is 22.5. The van der Waals surface area contributed by atoms with Crippen LogP contribution in [0.2, 0.25) is 0 Å². The molecule has 1 aliphatic carbocycles. The molecular formula is C21H22F2N6O3. The summed E-state index contributed by atoms with van der Waals surface area (Å²) in [4.78, 5) is 35.2. The van der Waals surface area contributed by atoms with Gasteiger partial charge >= 0.3 is 0 Å². The predicted octanol–water partition coefficient (Wildman–Crippen LogP) is 1.30. The molecule has 0 unspecified atom stereocenters. The van der Waals surface area contributed by atoms with Crippen LogP contribution in [0.1, 0.15) is 29.0 Å². The molecule has 2 aliphatic heterocycles. The first-order chi connectivity index (χ1) is 15.4. The van der Waals surface area contributed by atoms with Gasteiger partial charge in [0.15, 0.2) is 11.4 Å². The van der Waals surface area contributed by atoms with Crippen LogP contribution in [0.4, 0.5) is 20.2 Å². The Kier molecular flexibility index (Phi) is 4.92. The number of fused-ring (bicyclic) bond motifs is 1. The second kappa shape index (κ2) is 7.66. The second-order valence-electron chi connectivity index (χ2n) is 8.17. The number of rotatable bonds is 4. The van der Waals surface area contributed by atoms with Gasteiger partial charge in [0.1, 0.15) is 17.1 Å². The number of halogens is 2. The Balaban J connectivity index is 1.24. The van der Waals surface area contributed by atoms with E-state index in [-0.39, 0.29) is 23.1 Å². The Morgan fingerprint density at radius 3 is 2.66 bits per heavy atom. The summed E-state index contributed by atoms with van der Waals surface area (Å²) in [6.07, 6.45) is 2.60. The number of aromatic nitrogens is 2. The number of anilines is 2. The SMILES string of the molecule is CNC(=O)c1ncc(N2CCN(Cc3ccc4c(c3F)NC(=O)C3(CC3)O4)CC2)c(F)n1. The molecule has 0 radical (unpaired) electrons. The molecule has 3 aliphatic rings. The number of nitrogens with one attached hydrogen (secondary N) is 2. The fourth-order valence-electron chi connectivity index (χ4n) is 4.03. The van der Waals surface area contributed by atoms with Crippen molar-refractivity contribution in [1.82, 2.24) is 20.2 Å². The number of piperazine rings is 1. The topological polar surface area (TPSA) is 99.7 Å². The van der Waals surface area contributed by atoms with Crippen LogP contribution in [0, 0.1) is 11.8 Å². The van der Waals surface area contributed by atoms with E-state index in [0.717, 1.165) is 0 Å². The van der Waals surface area contributed by atoms with Crippen LogP contribution in [-0.4, -0.2) is 65.5 Å². The third-order valence-electron chi connectivity index (χ3n) is 6.11. The third-order valence-corrected chi connectivity index (χ3v) is 6.11. The van der Waals surface area contributed by atoms with Crippen LogP contribution < -0.4 is 20.3 Å². The molecule has 9 nitrogen and oxygen atoms in total. The Bertz CT molecular complexity index is 1100. The molecule has 5 rings (SSSR count). The first-order valence-electron chi connectivity index (χ1n) is 10.4. The standard InChI is InChI=1S/C21H22F2N6O3/c1-24-19(30)18-25-10-13(17(23)27-18)29-8-6-28(7-9-29)11-12-2-3-14-16(15(12)22)26-20(31)21(32-14)4-5-21/h2-3,10H,4-9,11H2,1H3,(H,24,30)(H,26,31). The Morgan fingerprint density at radius 2 is 2.00 bits per heavy atom. The van der Waals surface area contributed by atoms with Gasteiger partial charge in [-0.05, 0) is 6.07 Å². The Hall–Kier alpha value is -3.34. The summed E-state index contributed by atoms with van der Waals surface area (Å²) in [5, 5.41) is 5.02. The second-order valence-corrected chi connectivity index (χ2v) is 8.17. The van der Waals surface area contributed by atoms with E-state index in [2.05, 4.69) is 20.6 Å². The lowest BCUT2D eigenvalue weighted by atomic mass is 10.1. The molecule has 1 saturated carbocycles. The van der Waals surface area contributed by atoms with Crippen LogP contribution in [0.15, 0.2) is 18.3 Å². The highest BCUT2D eigenvalue weighted by atomic mass is 19.1. The van der Waals surface area contributed by atoms with Crippen LogP contribution in [0.3, 0.4) is 0 Å². The summed E-state index contributed by atoms with van der Waals surface area (Å²) in [7, 11) is 1.42.